The van der Waals surface area contributed by atoms with Crippen LogP contribution in [-0.2, 0) is 9.84 Å². The lowest BCUT2D eigenvalue weighted by molar-refractivity contribution is 0.583. The largest absolute Gasteiger partial charge is 0.309 e. The van der Waals surface area contributed by atoms with Crippen LogP contribution in [0.15, 0.2) is 39.6 Å². The number of halogens is 2. The van der Waals surface area contributed by atoms with Gasteiger partial charge in [-0.1, -0.05) is 23.2 Å². The van der Waals surface area contributed by atoms with E-state index < -0.39 is 20.7 Å². The molecule has 0 N–H and O–H groups in total. The maximum absolute atomic E-state index is 12.4. The fourth-order valence-corrected chi connectivity index (χ4v) is 3.14. The van der Waals surface area contributed by atoms with Gasteiger partial charge in [0, 0.05) is 18.6 Å². The van der Waals surface area contributed by atoms with Crippen LogP contribution in [0.1, 0.15) is 13.8 Å². The number of anilines is 1. The molecule has 0 aliphatic carbocycles. The Labute approximate surface area is 127 Å². The maximum Gasteiger partial charge on any atom is 0.201 e. The topological polar surface area (TPSA) is 62.6 Å². The third-order valence-corrected chi connectivity index (χ3v) is 5.35. The summed E-state index contributed by atoms with van der Waals surface area (Å²) in [5.74, 6) is 0. The number of aromatic nitrogens is 1. The number of pyridine rings is 1. The van der Waals surface area contributed by atoms with Crippen molar-refractivity contribution in [2.75, 3.05) is 4.90 Å². The lowest BCUT2D eigenvalue weighted by atomic mass is 10.3. The van der Waals surface area contributed by atoms with Crippen molar-refractivity contribution in [3.8, 4) is 0 Å². The molecular weight excluding hydrogens is 321 g/mol. The molecule has 1 atom stereocenters. The smallest absolute Gasteiger partial charge is 0.201 e. The van der Waals surface area contributed by atoms with Crippen LogP contribution in [0.2, 0.25) is 0 Å². The summed E-state index contributed by atoms with van der Waals surface area (Å²) >= 11 is 12.0. The second kappa shape index (κ2) is 5.71. The summed E-state index contributed by atoms with van der Waals surface area (Å²) in [6.45, 7) is 3.20. The number of hydrogen-bond donors (Lipinski definition) is 0. The highest BCUT2D eigenvalue weighted by Crippen LogP contribution is 2.31. The van der Waals surface area contributed by atoms with Gasteiger partial charge in [0.2, 0.25) is 5.62 Å². The quantitative estimate of drug-likeness (QED) is 0.630. The number of aliphatic imine (C=N–C) groups is 1. The van der Waals surface area contributed by atoms with E-state index in [1.165, 1.54) is 23.5 Å². The minimum absolute atomic E-state index is 0.0292. The first kappa shape index (κ1) is 15.3. The Bertz CT molecular complexity index is 671. The average Bonchev–Trinajstić information content (AvgIpc) is 2.41. The third kappa shape index (κ3) is 2.82. The normalized spacial score (nSPS) is 19.4. The van der Waals surface area contributed by atoms with Crippen molar-refractivity contribution in [1.82, 2.24) is 4.98 Å². The Kier molecular flexibility index (Phi) is 4.36. The van der Waals surface area contributed by atoms with Gasteiger partial charge in [-0.15, -0.1) is 0 Å². The van der Waals surface area contributed by atoms with E-state index in [-0.39, 0.29) is 5.03 Å². The summed E-state index contributed by atoms with van der Waals surface area (Å²) in [4.78, 5) is 9.45. The van der Waals surface area contributed by atoms with Gasteiger partial charge in [0.25, 0.3) is 0 Å². The van der Waals surface area contributed by atoms with Crippen molar-refractivity contribution in [3.05, 3.63) is 29.6 Å². The summed E-state index contributed by atoms with van der Waals surface area (Å²) in [7, 11) is -3.53. The average molecular weight is 334 g/mol. The van der Waals surface area contributed by atoms with Gasteiger partial charge in [0.05, 0.1) is 16.0 Å². The molecule has 0 amide bonds. The van der Waals surface area contributed by atoms with Crippen LogP contribution in [0.3, 0.4) is 0 Å². The second-order valence-electron chi connectivity index (χ2n) is 4.43. The van der Waals surface area contributed by atoms with Gasteiger partial charge in [0.15, 0.2) is 14.9 Å². The van der Waals surface area contributed by atoms with Crippen LogP contribution in [0, 0.1) is 0 Å². The minimum Gasteiger partial charge on any atom is -0.309 e. The van der Waals surface area contributed by atoms with Crippen LogP contribution < -0.4 is 4.90 Å². The van der Waals surface area contributed by atoms with E-state index >= 15 is 0 Å². The van der Waals surface area contributed by atoms with Gasteiger partial charge in [-0.2, -0.15) is 0 Å². The number of nitrogens with zero attached hydrogens (tertiary/aromatic N) is 3. The van der Waals surface area contributed by atoms with Crippen molar-refractivity contribution < 1.29 is 8.42 Å². The van der Waals surface area contributed by atoms with Crippen LogP contribution >= 0.6 is 23.2 Å². The van der Waals surface area contributed by atoms with E-state index in [0.717, 1.165) is 0 Å². The molecule has 1 unspecified atom stereocenters. The molecule has 0 saturated carbocycles. The van der Waals surface area contributed by atoms with Gasteiger partial charge in [-0.25, -0.2) is 13.4 Å². The van der Waals surface area contributed by atoms with Crippen LogP contribution in [-0.4, -0.2) is 30.5 Å². The maximum atomic E-state index is 12.4. The predicted octanol–water partition coefficient (Wildman–Crippen LogP) is 2.76. The highest BCUT2D eigenvalue weighted by atomic mass is 35.5. The summed E-state index contributed by atoms with van der Waals surface area (Å²) in [5.41, 5.74) is -0.404. The third-order valence-electron chi connectivity index (χ3n) is 2.73. The van der Waals surface area contributed by atoms with E-state index in [1.807, 2.05) is 0 Å². The molecular formula is C12H13Cl2N3O2S. The molecule has 0 radical (unpaired) electrons. The first-order valence-electron chi connectivity index (χ1n) is 5.86. The zero-order valence-corrected chi connectivity index (χ0v) is 13.2. The zero-order valence-electron chi connectivity index (χ0n) is 10.9. The molecule has 0 fully saturated rings. The molecule has 2 heterocycles. The molecule has 0 saturated heterocycles. The van der Waals surface area contributed by atoms with Gasteiger partial charge in [-0.3, -0.25) is 4.99 Å². The number of allylic oxidation sites excluding steroid dienone is 1. The molecule has 2 rings (SSSR count). The monoisotopic (exact) mass is 333 g/mol. The summed E-state index contributed by atoms with van der Waals surface area (Å²) in [6.07, 6.45) is 4.38. The van der Waals surface area contributed by atoms with Crippen molar-refractivity contribution >= 4 is 44.9 Å². The lowest BCUT2D eigenvalue weighted by Crippen LogP contribution is -2.30. The number of sulfone groups is 1. The summed E-state index contributed by atoms with van der Waals surface area (Å²) < 4.78 is 24.7. The molecule has 1 aliphatic heterocycles. The Balaban J connectivity index is 2.57. The molecule has 1 aromatic heterocycles. The molecule has 108 valence electrons. The lowest BCUT2D eigenvalue weighted by Gasteiger charge is -2.27. The molecule has 8 heteroatoms. The number of alkyl halides is 1. The van der Waals surface area contributed by atoms with E-state index in [2.05, 4.69) is 9.98 Å². The Morgan fingerprint density at radius 1 is 1.40 bits per heavy atom. The van der Waals surface area contributed by atoms with Gasteiger partial charge >= 0.3 is 0 Å². The van der Waals surface area contributed by atoms with Gasteiger partial charge in [-0.05, 0) is 26.0 Å². The molecule has 1 aromatic rings. The fourth-order valence-electron chi connectivity index (χ4n) is 1.64. The van der Waals surface area contributed by atoms with Gasteiger partial charge in [0.1, 0.15) is 0 Å². The highest BCUT2D eigenvalue weighted by Gasteiger charge is 2.29. The fraction of sp³-hybridized carbons (Fsp3) is 0.333. The highest BCUT2D eigenvalue weighted by molar-refractivity contribution is 7.92. The van der Waals surface area contributed by atoms with Gasteiger partial charge < -0.3 is 4.90 Å². The SMILES string of the molecule is CC(C)S(=O)(=O)c1ncccc1N1C=C(Cl)C=NC1Cl. The second-order valence-corrected chi connectivity index (χ2v) is 7.68. The number of hydrogen-bond acceptors (Lipinski definition) is 5. The van der Waals surface area contributed by atoms with Crippen molar-refractivity contribution in [2.45, 2.75) is 29.7 Å². The first-order valence-corrected chi connectivity index (χ1v) is 8.22. The molecule has 0 aromatic carbocycles. The van der Waals surface area contributed by atoms with E-state index in [1.54, 1.807) is 26.0 Å². The van der Waals surface area contributed by atoms with Crippen LogP contribution in [0.25, 0.3) is 0 Å². The van der Waals surface area contributed by atoms with E-state index in [0.29, 0.717) is 10.7 Å². The van der Waals surface area contributed by atoms with E-state index in [4.69, 9.17) is 23.2 Å². The van der Waals surface area contributed by atoms with E-state index in [9.17, 15) is 8.42 Å². The first-order chi connectivity index (χ1) is 9.34. The Morgan fingerprint density at radius 3 is 2.75 bits per heavy atom. The standard InChI is InChI=1S/C12H13Cl2N3O2S/c1-8(2)20(18,19)11-10(4-3-5-15-11)17-7-9(13)6-16-12(17)14/h3-8,12H,1-2H3. The predicted molar refractivity (Wildman–Crippen MR) is 81.1 cm³/mol. The molecule has 20 heavy (non-hydrogen) atoms. The molecule has 0 bridgehead atoms. The van der Waals surface area contributed by atoms with Crippen LogP contribution in [0.4, 0.5) is 5.69 Å². The number of rotatable bonds is 3. The van der Waals surface area contributed by atoms with Crippen LogP contribution in [0.5, 0.6) is 0 Å². The molecule has 1 aliphatic rings. The Morgan fingerprint density at radius 2 is 2.10 bits per heavy atom. The summed E-state index contributed by atoms with van der Waals surface area (Å²) in [5, 5.41) is -0.255. The molecule has 0 spiro atoms. The Hall–Kier alpha value is -1.11. The van der Waals surface area contributed by atoms with Crippen molar-refractivity contribution in [3.63, 3.8) is 0 Å². The zero-order chi connectivity index (χ0) is 14.9. The molecule has 5 nitrogen and oxygen atoms in total. The minimum atomic E-state index is -3.53. The van der Waals surface area contributed by atoms with Crippen molar-refractivity contribution in [2.24, 2.45) is 4.99 Å². The van der Waals surface area contributed by atoms with Crippen molar-refractivity contribution in [1.29, 1.82) is 0 Å². The summed E-state index contributed by atoms with van der Waals surface area (Å²) in [6, 6.07) is 3.26.